The Kier molecular flexibility index (Phi) is 5.06. The monoisotopic (exact) mass is 273 g/mol. The Balaban J connectivity index is 1.90. The highest BCUT2D eigenvalue weighted by Crippen LogP contribution is 2.32. The van der Waals surface area contributed by atoms with E-state index in [0.29, 0.717) is 12.6 Å². The Hall–Kier alpha value is -0.330. The van der Waals surface area contributed by atoms with E-state index in [1.54, 1.807) is 7.11 Å². The molecule has 0 saturated heterocycles. The summed E-state index contributed by atoms with van der Waals surface area (Å²) in [6.07, 6.45) is 3.88. The van der Waals surface area contributed by atoms with Gasteiger partial charge in [0.05, 0.1) is 0 Å². The number of anilines is 1. The van der Waals surface area contributed by atoms with Crippen LogP contribution in [0, 0.1) is 0 Å². The van der Waals surface area contributed by atoms with E-state index in [2.05, 4.69) is 33.4 Å². The first-order chi connectivity index (χ1) is 8.33. The van der Waals surface area contributed by atoms with Crippen molar-refractivity contribution in [3.8, 4) is 0 Å². The minimum Gasteiger partial charge on any atom is -0.377 e. The normalized spacial score (nSPS) is 24.1. The van der Waals surface area contributed by atoms with Crippen LogP contribution in [0.4, 0.5) is 5.13 Å². The van der Waals surface area contributed by atoms with Crippen molar-refractivity contribution in [3.63, 3.8) is 0 Å². The molecule has 4 nitrogen and oxygen atoms in total. The summed E-state index contributed by atoms with van der Waals surface area (Å²) >= 11 is 3.49. The first-order valence-corrected chi connectivity index (χ1v) is 7.85. The van der Waals surface area contributed by atoms with E-state index in [0.717, 1.165) is 16.2 Å². The molecule has 2 atom stereocenters. The quantitative estimate of drug-likeness (QED) is 0.863. The van der Waals surface area contributed by atoms with E-state index >= 15 is 0 Å². The van der Waals surface area contributed by atoms with Crippen molar-refractivity contribution >= 4 is 28.4 Å². The van der Waals surface area contributed by atoms with E-state index in [1.807, 2.05) is 0 Å². The van der Waals surface area contributed by atoms with Crippen LogP contribution in [0.15, 0.2) is 0 Å². The molecule has 1 aliphatic rings. The maximum atomic E-state index is 5.02. The number of nitrogens with one attached hydrogen (secondary N) is 1. The average molecular weight is 273 g/mol. The van der Waals surface area contributed by atoms with Gasteiger partial charge in [0, 0.05) is 29.9 Å². The van der Waals surface area contributed by atoms with E-state index in [9.17, 15) is 0 Å². The van der Waals surface area contributed by atoms with Gasteiger partial charge in [0.25, 0.3) is 0 Å². The molecule has 0 bridgehead atoms. The summed E-state index contributed by atoms with van der Waals surface area (Å²) in [6.45, 7) is 2.72. The lowest BCUT2D eigenvalue weighted by atomic mass is 10.2. The SMILES string of the molecule is CCSC1CCCC1Nc1nc(COC)ns1. The number of methoxy groups -OCH3 is 1. The molecule has 96 valence electrons. The van der Waals surface area contributed by atoms with Gasteiger partial charge in [-0.05, 0) is 18.6 Å². The fourth-order valence-electron chi connectivity index (χ4n) is 2.16. The fraction of sp³-hybridized carbons (Fsp3) is 0.818. The molecule has 0 spiro atoms. The highest BCUT2D eigenvalue weighted by Gasteiger charge is 2.27. The second-order valence-electron chi connectivity index (χ2n) is 4.12. The highest BCUT2D eigenvalue weighted by atomic mass is 32.2. The molecule has 0 amide bonds. The predicted molar refractivity (Wildman–Crippen MR) is 73.8 cm³/mol. The van der Waals surface area contributed by atoms with Crippen LogP contribution in [0.3, 0.4) is 0 Å². The Bertz CT molecular complexity index is 345. The van der Waals surface area contributed by atoms with Crippen LogP contribution in [0.25, 0.3) is 0 Å². The predicted octanol–water partition coefficient (Wildman–Crippen LogP) is 2.77. The molecule has 1 aliphatic carbocycles. The van der Waals surface area contributed by atoms with Gasteiger partial charge in [0.2, 0.25) is 5.13 Å². The van der Waals surface area contributed by atoms with Crippen LogP contribution >= 0.6 is 23.3 Å². The Labute approximate surface area is 111 Å². The van der Waals surface area contributed by atoms with Gasteiger partial charge in [0.1, 0.15) is 6.61 Å². The van der Waals surface area contributed by atoms with Gasteiger partial charge in [0.15, 0.2) is 5.82 Å². The summed E-state index contributed by atoms with van der Waals surface area (Å²) in [4.78, 5) is 4.42. The van der Waals surface area contributed by atoms with Gasteiger partial charge >= 0.3 is 0 Å². The van der Waals surface area contributed by atoms with E-state index < -0.39 is 0 Å². The van der Waals surface area contributed by atoms with Gasteiger partial charge in [-0.15, -0.1) is 0 Å². The van der Waals surface area contributed by atoms with Crippen LogP contribution < -0.4 is 5.32 Å². The molecule has 2 unspecified atom stereocenters. The maximum Gasteiger partial charge on any atom is 0.202 e. The van der Waals surface area contributed by atoms with Crippen molar-refractivity contribution in [1.82, 2.24) is 9.36 Å². The molecule has 17 heavy (non-hydrogen) atoms. The molecule has 0 radical (unpaired) electrons. The molecular formula is C11H19N3OS2. The lowest BCUT2D eigenvalue weighted by molar-refractivity contribution is 0.179. The number of hydrogen-bond acceptors (Lipinski definition) is 6. The number of ether oxygens (including phenoxy) is 1. The zero-order valence-electron chi connectivity index (χ0n) is 10.3. The topological polar surface area (TPSA) is 47.0 Å². The van der Waals surface area contributed by atoms with Crippen molar-refractivity contribution in [2.45, 2.75) is 44.1 Å². The lowest BCUT2D eigenvalue weighted by Crippen LogP contribution is -2.26. The molecule has 1 aromatic rings. The molecule has 0 aromatic carbocycles. The summed E-state index contributed by atoms with van der Waals surface area (Å²) in [6, 6.07) is 0.559. The minimum atomic E-state index is 0.496. The second-order valence-corrected chi connectivity index (χ2v) is 6.39. The zero-order chi connectivity index (χ0) is 12.1. The molecule has 1 aromatic heterocycles. The van der Waals surface area contributed by atoms with E-state index in [1.165, 1.54) is 36.5 Å². The van der Waals surface area contributed by atoms with Crippen molar-refractivity contribution < 1.29 is 4.74 Å². The van der Waals surface area contributed by atoms with Crippen LogP contribution in [-0.4, -0.2) is 33.5 Å². The Morgan fingerprint density at radius 3 is 3.18 bits per heavy atom. The minimum absolute atomic E-state index is 0.496. The van der Waals surface area contributed by atoms with Crippen LogP contribution in [-0.2, 0) is 11.3 Å². The average Bonchev–Trinajstić information content (AvgIpc) is 2.91. The number of nitrogens with zero attached hydrogens (tertiary/aromatic N) is 2. The molecule has 1 fully saturated rings. The van der Waals surface area contributed by atoms with E-state index in [4.69, 9.17) is 4.74 Å². The molecule has 1 N–H and O–H groups in total. The second kappa shape index (κ2) is 6.56. The highest BCUT2D eigenvalue weighted by molar-refractivity contribution is 7.99. The van der Waals surface area contributed by atoms with Crippen molar-refractivity contribution in [2.24, 2.45) is 0 Å². The third-order valence-electron chi connectivity index (χ3n) is 2.88. The van der Waals surface area contributed by atoms with Crippen molar-refractivity contribution in [1.29, 1.82) is 0 Å². The lowest BCUT2D eigenvalue weighted by Gasteiger charge is -2.19. The molecule has 6 heteroatoms. The van der Waals surface area contributed by atoms with Gasteiger partial charge in [-0.2, -0.15) is 16.1 Å². The summed E-state index contributed by atoms with van der Waals surface area (Å²) in [5.74, 6) is 1.96. The summed E-state index contributed by atoms with van der Waals surface area (Å²) in [5.41, 5.74) is 0. The number of hydrogen-bond donors (Lipinski definition) is 1. The van der Waals surface area contributed by atoms with Crippen LogP contribution in [0.5, 0.6) is 0 Å². The van der Waals surface area contributed by atoms with Gasteiger partial charge in [-0.1, -0.05) is 13.3 Å². The molecule has 1 heterocycles. The standard InChI is InChI=1S/C11H19N3OS2/c1-3-16-9-6-4-5-8(9)12-11-13-10(7-15-2)14-17-11/h8-9H,3-7H2,1-2H3,(H,12,13,14). The van der Waals surface area contributed by atoms with Gasteiger partial charge < -0.3 is 10.1 Å². The largest absolute Gasteiger partial charge is 0.377 e. The first kappa shape index (κ1) is 13.1. The molecule has 0 aliphatic heterocycles. The van der Waals surface area contributed by atoms with Crippen LogP contribution in [0.2, 0.25) is 0 Å². The van der Waals surface area contributed by atoms with E-state index in [-0.39, 0.29) is 0 Å². The van der Waals surface area contributed by atoms with Gasteiger partial charge in [-0.25, -0.2) is 4.98 Å². The molecular weight excluding hydrogens is 254 g/mol. The number of thioether (sulfide) groups is 1. The van der Waals surface area contributed by atoms with Crippen molar-refractivity contribution in [3.05, 3.63) is 5.82 Å². The Morgan fingerprint density at radius 1 is 1.53 bits per heavy atom. The summed E-state index contributed by atoms with van der Waals surface area (Å²) in [5, 5.41) is 5.19. The summed E-state index contributed by atoms with van der Waals surface area (Å²) < 4.78 is 9.28. The molecule has 1 saturated carbocycles. The van der Waals surface area contributed by atoms with Crippen LogP contribution in [0.1, 0.15) is 32.0 Å². The maximum absolute atomic E-state index is 5.02. The smallest absolute Gasteiger partial charge is 0.202 e. The van der Waals surface area contributed by atoms with Gasteiger partial charge in [-0.3, -0.25) is 0 Å². The number of rotatable bonds is 6. The first-order valence-electron chi connectivity index (χ1n) is 6.03. The third kappa shape index (κ3) is 3.56. The number of aromatic nitrogens is 2. The fourth-order valence-corrected chi connectivity index (χ4v) is 4.00. The summed E-state index contributed by atoms with van der Waals surface area (Å²) in [7, 11) is 1.67. The van der Waals surface area contributed by atoms with Crippen molar-refractivity contribution in [2.75, 3.05) is 18.2 Å². The third-order valence-corrected chi connectivity index (χ3v) is 4.89. The molecule has 2 rings (SSSR count). The Morgan fingerprint density at radius 2 is 2.41 bits per heavy atom. The zero-order valence-corrected chi connectivity index (χ0v) is 11.9.